The van der Waals surface area contributed by atoms with Crippen molar-refractivity contribution in [3.05, 3.63) is 45.7 Å². The van der Waals surface area contributed by atoms with Crippen LogP contribution in [0.3, 0.4) is 0 Å². The summed E-state index contributed by atoms with van der Waals surface area (Å²) in [4.78, 5) is 13.7. The third-order valence-corrected chi connectivity index (χ3v) is 4.34. The van der Waals surface area contributed by atoms with Gasteiger partial charge >= 0.3 is 6.09 Å². The summed E-state index contributed by atoms with van der Waals surface area (Å²) in [5.41, 5.74) is 1.23. The summed E-state index contributed by atoms with van der Waals surface area (Å²) < 4.78 is 6.20. The summed E-state index contributed by atoms with van der Waals surface area (Å²) in [5, 5.41) is 0. The maximum absolute atomic E-state index is 11.9. The Morgan fingerprint density at radius 1 is 1.45 bits per heavy atom. The number of carbonyl (C=O) groups excluding carboxylic acids is 1. The predicted molar refractivity (Wildman–Crippen MR) is 88.7 cm³/mol. The Balaban J connectivity index is 2.04. The van der Waals surface area contributed by atoms with Crippen molar-refractivity contribution < 1.29 is 9.53 Å². The summed E-state index contributed by atoms with van der Waals surface area (Å²) in [7, 11) is 0. The lowest BCUT2D eigenvalue weighted by molar-refractivity contribution is 0.166. The van der Waals surface area contributed by atoms with Crippen LogP contribution in [0.25, 0.3) is 0 Å². The average molecular weight is 385 g/mol. The lowest BCUT2D eigenvalue weighted by atomic mass is 10.1. The van der Waals surface area contributed by atoms with Crippen molar-refractivity contribution in [3.63, 3.8) is 0 Å². The van der Waals surface area contributed by atoms with Gasteiger partial charge in [0.05, 0.1) is 9.75 Å². The monoisotopic (exact) mass is 385 g/mol. The van der Waals surface area contributed by atoms with Crippen LogP contribution in [-0.2, 0) is 11.2 Å². The fraction of sp³-hybridized carbons (Fsp3) is 0.438. The number of hydrogen-bond acceptors (Lipinski definition) is 2. The van der Waals surface area contributed by atoms with E-state index in [0.717, 1.165) is 29.4 Å². The lowest BCUT2D eigenvalue weighted by Crippen LogP contribution is -2.32. The second-order valence-electron chi connectivity index (χ2n) is 4.96. The molecule has 0 unspecified atom stereocenters. The Hall–Kier alpha value is -1.04. The van der Waals surface area contributed by atoms with E-state index in [0.29, 0.717) is 6.61 Å². The van der Waals surface area contributed by atoms with Gasteiger partial charge < -0.3 is 4.74 Å². The number of halogens is 1. The second-order valence-corrected chi connectivity index (χ2v) is 6.06. The minimum absolute atomic E-state index is 0.106. The Morgan fingerprint density at radius 2 is 2.20 bits per heavy atom. The molecule has 0 aliphatic carbocycles. The van der Waals surface area contributed by atoms with Crippen LogP contribution in [0.1, 0.15) is 31.7 Å². The van der Waals surface area contributed by atoms with E-state index in [9.17, 15) is 4.79 Å². The van der Waals surface area contributed by atoms with Crippen molar-refractivity contribution in [2.75, 3.05) is 6.61 Å². The van der Waals surface area contributed by atoms with E-state index in [1.165, 1.54) is 5.56 Å². The van der Waals surface area contributed by atoms with E-state index in [4.69, 9.17) is 4.74 Å². The van der Waals surface area contributed by atoms with Gasteiger partial charge in [-0.05, 0) is 47.4 Å². The van der Waals surface area contributed by atoms with Gasteiger partial charge in [-0.15, -0.1) is 0 Å². The minimum Gasteiger partial charge on any atom is -0.447 e. The minimum atomic E-state index is -0.219. The average Bonchev–Trinajstić information content (AvgIpc) is 2.81. The molecule has 1 aromatic rings. The molecule has 1 amide bonds. The molecule has 1 fully saturated rings. The number of amides is 1. The van der Waals surface area contributed by atoms with Gasteiger partial charge in [0.15, 0.2) is 0 Å². The summed E-state index contributed by atoms with van der Waals surface area (Å²) in [5.74, 6) is 0. The predicted octanol–water partition coefficient (Wildman–Crippen LogP) is 4.52. The molecule has 0 saturated carbocycles. The standard InChI is InChI=1S/C16H20INO2/c1-2-3-5-10-15(17)18-14(12-20-16(18)19)11-13-8-6-4-7-9-13/h4,6-10,14H,2-3,5,11-12H2,1H3/b15-10+/t14-/m1/s1. The topological polar surface area (TPSA) is 29.5 Å². The van der Waals surface area contributed by atoms with E-state index in [-0.39, 0.29) is 12.1 Å². The summed E-state index contributed by atoms with van der Waals surface area (Å²) in [6.07, 6.45) is 6.08. The van der Waals surface area contributed by atoms with Crippen LogP contribution in [-0.4, -0.2) is 23.6 Å². The summed E-state index contributed by atoms with van der Waals surface area (Å²) >= 11 is 2.24. The van der Waals surface area contributed by atoms with Gasteiger partial charge in [-0.3, -0.25) is 4.90 Å². The van der Waals surface area contributed by atoms with E-state index in [2.05, 4.69) is 47.7 Å². The number of ether oxygens (including phenoxy) is 1. The number of benzene rings is 1. The molecular weight excluding hydrogens is 365 g/mol. The third kappa shape index (κ3) is 3.98. The molecule has 20 heavy (non-hydrogen) atoms. The van der Waals surface area contributed by atoms with E-state index < -0.39 is 0 Å². The van der Waals surface area contributed by atoms with Gasteiger partial charge in [0.25, 0.3) is 0 Å². The molecule has 0 bridgehead atoms. The first-order chi connectivity index (χ1) is 9.72. The van der Waals surface area contributed by atoms with Gasteiger partial charge in [-0.1, -0.05) is 49.8 Å². The third-order valence-electron chi connectivity index (χ3n) is 3.38. The Morgan fingerprint density at radius 3 is 2.90 bits per heavy atom. The maximum atomic E-state index is 11.9. The number of cyclic esters (lactones) is 1. The fourth-order valence-electron chi connectivity index (χ4n) is 2.28. The lowest BCUT2D eigenvalue weighted by Gasteiger charge is -2.21. The number of rotatable bonds is 6. The molecule has 108 valence electrons. The largest absolute Gasteiger partial charge is 0.447 e. The highest BCUT2D eigenvalue weighted by Gasteiger charge is 2.34. The zero-order valence-electron chi connectivity index (χ0n) is 11.7. The van der Waals surface area contributed by atoms with Crippen molar-refractivity contribution in [2.24, 2.45) is 0 Å². The molecule has 0 N–H and O–H groups in total. The highest BCUT2D eigenvalue weighted by molar-refractivity contribution is 14.1. The highest BCUT2D eigenvalue weighted by atomic mass is 127. The first-order valence-electron chi connectivity index (χ1n) is 7.08. The molecule has 2 rings (SSSR count). The van der Waals surface area contributed by atoms with E-state index >= 15 is 0 Å². The Bertz CT molecular complexity index is 473. The maximum Gasteiger partial charge on any atom is 0.415 e. The smallest absolute Gasteiger partial charge is 0.415 e. The van der Waals surface area contributed by atoms with Gasteiger partial charge in [0.2, 0.25) is 0 Å². The van der Waals surface area contributed by atoms with Crippen molar-refractivity contribution in [3.8, 4) is 0 Å². The molecule has 1 aromatic carbocycles. The molecule has 0 spiro atoms. The molecule has 4 heteroatoms. The van der Waals surface area contributed by atoms with Crippen molar-refractivity contribution in [2.45, 2.75) is 38.6 Å². The molecule has 1 aliphatic rings. The van der Waals surface area contributed by atoms with E-state index in [1.54, 1.807) is 4.90 Å². The Kier molecular flexibility index (Phi) is 5.88. The quantitative estimate of drug-likeness (QED) is 0.410. The summed E-state index contributed by atoms with van der Waals surface area (Å²) in [6, 6.07) is 10.4. The van der Waals surface area contributed by atoms with Crippen LogP contribution < -0.4 is 0 Å². The first-order valence-corrected chi connectivity index (χ1v) is 8.15. The number of unbranched alkanes of at least 4 members (excludes halogenated alkanes) is 2. The van der Waals surface area contributed by atoms with Crippen LogP contribution in [0.4, 0.5) is 4.79 Å². The normalized spacial score (nSPS) is 19.3. The zero-order valence-corrected chi connectivity index (χ0v) is 13.9. The molecule has 3 nitrogen and oxygen atoms in total. The first kappa shape index (κ1) is 15.4. The number of hydrogen-bond donors (Lipinski definition) is 0. The van der Waals surface area contributed by atoms with Crippen LogP contribution >= 0.6 is 22.6 Å². The second kappa shape index (κ2) is 7.67. The number of allylic oxidation sites excluding steroid dienone is 1. The van der Waals surface area contributed by atoms with Crippen LogP contribution in [0.2, 0.25) is 0 Å². The highest BCUT2D eigenvalue weighted by Crippen LogP contribution is 2.26. The molecule has 1 heterocycles. The van der Waals surface area contributed by atoms with Gasteiger partial charge in [-0.2, -0.15) is 0 Å². The summed E-state index contributed by atoms with van der Waals surface area (Å²) in [6.45, 7) is 2.64. The van der Waals surface area contributed by atoms with Gasteiger partial charge in [-0.25, -0.2) is 4.79 Å². The van der Waals surface area contributed by atoms with Crippen LogP contribution in [0.15, 0.2) is 40.1 Å². The van der Waals surface area contributed by atoms with Crippen LogP contribution in [0, 0.1) is 0 Å². The van der Waals surface area contributed by atoms with Crippen molar-refractivity contribution in [1.82, 2.24) is 4.90 Å². The van der Waals surface area contributed by atoms with Crippen molar-refractivity contribution in [1.29, 1.82) is 0 Å². The molecule has 0 aromatic heterocycles. The molecule has 0 radical (unpaired) electrons. The number of nitrogens with zero attached hydrogens (tertiary/aromatic N) is 1. The molecule has 1 atom stereocenters. The molecule has 1 saturated heterocycles. The molecule has 1 aliphatic heterocycles. The van der Waals surface area contributed by atoms with E-state index in [1.807, 2.05) is 18.2 Å². The Labute approximate surface area is 134 Å². The van der Waals surface area contributed by atoms with Crippen LogP contribution in [0.5, 0.6) is 0 Å². The van der Waals surface area contributed by atoms with Gasteiger partial charge in [0, 0.05) is 0 Å². The number of carbonyl (C=O) groups is 1. The SMILES string of the molecule is CCCC/C=C(\I)N1C(=O)OC[C@H]1Cc1ccccc1. The zero-order chi connectivity index (χ0) is 14.4. The molecular formula is C16H20INO2. The van der Waals surface area contributed by atoms with Gasteiger partial charge in [0.1, 0.15) is 6.61 Å². The fourth-order valence-corrected chi connectivity index (χ4v) is 3.18. The van der Waals surface area contributed by atoms with Crippen molar-refractivity contribution >= 4 is 28.7 Å².